The third-order valence-electron chi connectivity index (χ3n) is 2.37. The van der Waals surface area contributed by atoms with Gasteiger partial charge in [-0.1, -0.05) is 13.0 Å². The van der Waals surface area contributed by atoms with E-state index in [0.717, 1.165) is 5.56 Å². The van der Waals surface area contributed by atoms with Crippen LogP contribution in [0.5, 0.6) is 0 Å². The van der Waals surface area contributed by atoms with Crippen LogP contribution < -0.4 is 5.32 Å². The molecule has 0 aliphatic rings. The van der Waals surface area contributed by atoms with Crippen molar-refractivity contribution in [2.45, 2.75) is 32.3 Å². The molecule has 0 saturated carbocycles. The molecule has 0 radical (unpaired) electrons. The largest absolute Gasteiger partial charge is 0.391 e. The minimum atomic E-state index is -0.442. The number of aliphatic hydroxyl groups is 1. The van der Waals surface area contributed by atoms with Crippen LogP contribution in [0.4, 0.5) is 0 Å². The minimum Gasteiger partial charge on any atom is -0.391 e. The van der Waals surface area contributed by atoms with E-state index in [2.05, 4.69) is 10.3 Å². The first-order chi connectivity index (χ1) is 7.72. The fourth-order valence-corrected chi connectivity index (χ4v) is 1.27. The maximum Gasteiger partial charge on any atom is 0.220 e. The molecule has 4 nitrogen and oxygen atoms in total. The summed E-state index contributed by atoms with van der Waals surface area (Å²) in [4.78, 5) is 15.4. The molecule has 0 aromatic carbocycles. The minimum absolute atomic E-state index is 0.0312. The van der Waals surface area contributed by atoms with Gasteiger partial charge in [-0.25, -0.2) is 0 Å². The zero-order chi connectivity index (χ0) is 11.8. The topological polar surface area (TPSA) is 62.2 Å². The standard InChI is InChI=1S/C12H18N2O2/c1-2-11(15)9-14-12(16)6-5-10-4-3-7-13-8-10/h3-4,7-8,11,15H,2,5-6,9H2,1H3,(H,14,16). The Morgan fingerprint density at radius 1 is 1.62 bits per heavy atom. The van der Waals surface area contributed by atoms with Crippen molar-refractivity contribution >= 4 is 5.91 Å². The van der Waals surface area contributed by atoms with E-state index in [1.165, 1.54) is 0 Å². The number of carbonyl (C=O) groups excluding carboxylic acids is 1. The van der Waals surface area contributed by atoms with Crippen molar-refractivity contribution in [2.24, 2.45) is 0 Å². The van der Waals surface area contributed by atoms with Crippen LogP contribution in [0.15, 0.2) is 24.5 Å². The lowest BCUT2D eigenvalue weighted by Crippen LogP contribution is -2.31. The quantitative estimate of drug-likeness (QED) is 0.751. The van der Waals surface area contributed by atoms with E-state index in [0.29, 0.717) is 25.8 Å². The molecular formula is C12H18N2O2. The number of aliphatic hydroxyl groups excluding tert-OH is 1. The van der Waals surface area contributed by atoms with Crippen molar-refractivity contribution in [3.05, 3.63) is 30.1 Å². The van der Waals surface area contributed by atoms with Gasteiger partial charge >= 0.3 is 0 Å². The number of rotatable bonds is 6. The zero-order valence-electron chi connectivity index (χ0n) is 9.52. The third-order valence-corrected chi connectivity index (χ3v) is 2.37. The first-order valence-corrected chi connectivity index (χ1v) is 5.56. The predicted octanol–water partition coefficient (Wildman–Crippen LogP) is 0.901. The van der Waals surface area contributed by atoms with Gasteiger partial charge in [0.25, 0.3) is 0 Å². The van der Waals surface area contributed by atoms with Gasteiger partial charge in [-0.15, -0.1) is 0 Å². The Bertz CT molecular complexity index is 314. The van der Waals surface area contributed by atoms with Crippen molar-refractivity contribution in [1.29, 1.82) is 0 Å². The van der Waals surface area contributed by atoms with Crippen LogP contribution in [0.2, 0.25) is 0 Å². The van der Waals surface area contributed by atoms with Gasteiger partial charge < -0.3 is 10.4 Å². The van der Waals surface area contributed by atoms with E-state index in [4.69, 9.17) is 0 Å². The van der Waals surface area contributed by atoms with Gasteiger partial charge in [0.2, 0.25) is 5.91 Å². The first kappa shape index (κ1) is 12.6. The van der Waals surface area contributed by atoms with Gasteiger partial charge in [0.15, 0.2) is 0 Å². The van der Waals surface area contributed by atoms with Gasteiger partial charge in [-0.05, 0) is 24.5 Å². The number of hydrogen-bond acceptors (Lipinski definition) is 3. The van der Waals surface area contributed by atoms with E-state index in [1.807, 2.05) is 19.1 Å². The Labute approximate surface area is 95.7 Å². The average Bonchev–Trinajstić information content (AvgIpc) is 2.34. The molecule has 0 saturated heterocycles. The van der Waals surface area contributed by atoms with E-state index >= 15 is 0 Å². The molecule has 1 aromatic heterocycles. The summed E-state index contributed by atoms with van der Waals surface area (Å²) in [5.41, 5.74) is 1.05. The molecule has 1 heterocycles. The molecule has 4 heteroatoms. The summed E-state index contributed by atoms with van der Waals surface area (Å²) in [6.45, 7) is 2.22. The van der Waals surface area contributed by atoms with Crippen LogP contribution in [0.1, 0.15) is 25.3 Å². The van der Waals surface area contributed by atoms with Crippen molar-refractivity contribution in [2.75, 3.05) is 6.54 Å². The smallest absolute Gasteiger partial charge is 0.220 e. The Kier molecular flexibility index (Phi) is 5.50. The highest BCUT2D eigenvalue weighted by Gasteiger charge is 2.05. The number of nitrogens with one attached hydrogen (secondary N) is 1. The van der Waals surface area contributed by atoms with E-state index in [-0.39, 0.29) is 5.91 Å². The van der Waals surface area contributed by atoms with Crippen molar-refractivity contribution in [1.82, 2.24) is 10.3 Å². The lowest BCUT2D eigenvalue weighted by Gasteiger charge is -2.09. The lowest BCUT2D eigenvalue weighted by atomic mass is 10.1. The van der Waals surface area contributed by atoms with Crippen molar-refractivity contribution in [3.63, 3.8) is 0 Å². The van der Waals surface area contributed by atoms with Crippen LogP contribution in [0.25, 0.3) is 0 Å². The maximum atomic E-state index is 11.4. The molecule has 1 amide bonds. The predicted molar refractivity (Wildman–Crippen MR) is 61.9 cm³/mol. The highest BCUT2D eigenvalue weighted by Crippen LogP contribution is 2.00. The Balaban J connectivity index is 2.20. The maximum absolute atomic E-state index is 11.4. The van der Waals surface area contributed by atoms with Crippen LogP contribution in [-0.4, -0.2) is 28.6 Å². The Morgan fingerprint density at radius 2 is 2.44 bits per heavy atom. The number of pyridine rings is 1. The molecule has 88 valence electrons. The Morgan fingerprint density at radius 3 is 3.06 bits per heavy atom. The summed E-state index contributed by atoms with van der Waals surface area (Å²) in [6, 6.07) is 3.80. The van der Waals surface area contributed by atoms with E-state index in [1.54, 1.807) is 12.4 Å². The summed E-state index contributed by atoms with van der Waals surface area (Å²) in [7, 11) is 0. The number of hydrogen-bond donors (Lipinski definition) is 2. The first-order valence-electron chi connectivity index (χ1n) is 5.56. The van der Waals surface area contributed by atoms with E-state index < -0.39 is 6.10 Å². The number of carbonyl (C=O) groups is 1. The average molecular weight is 222 g/mol. The van der Waals surface area contributed by atoms with Crippen molar-refractivity contribution in [3.8, 4) is 0 Å². The molecule has 1 unspecified atom stereocenters. The number of aryl methyl sites for hydroxylation is 1. The second-order valence-electron chi connectivity index (χ2n) is 3.73. The van der Waals surface area contributed by atoms with E-state index in [9.17, 15) is 9.90 Å². The van der Waals surface area contributed by atoms with Gasteiger partial charge in [0.05, 0.1) is 6.10 Å². The van der Waals surface area contributed by atoms with Gasteiger partial charge in [-0.3, -0.25) is 9.78 Å². The third kappa shape index (κ3) is 4.89. The number of amides is 1. The van der Waals surface area contributed by atoms with Crippen LogP contribution in [0.3, 0.4) is 0 Å². The summed E-state index contributed by atoms with van der Waals surface area (Å²) in [6.07, 6.45) is 4.80. The Hall–Kier alpha value is -1.42. The highest BCUT2D eigenvalue weighted by atomic mass is 16.3. The number of aromatic nitrogens is 1. The van der Waals surface area contributed by atoms with Gasteiger partial charge in [0.1, 0.15) is 0 Å². The number of nitrogens with zero attached hydrogens (tertiary/aromatic N) is 1. The lowest BCUT2D eigenvalue weighted by molar-refractivity contribution is -0.121. The monoisotopic (exact) mass is 222 g/mol. The van der Waals surface area contributed by atoms with Gasteiger partial charge in [0, 0.05) is 25.4 Å². The second-order valence-corrected chi connectivity index (χ2v) is 3.73. The van der Waals surface area contributed by atoms with Crippen molar-refractivity contribution < 1.29 is 9.90 Å². The fraction of sp³-hybridized carbons (Fsp3) is 0.500. The second kappa shape index (κ2) is 6.95. The fourth-order valence-electron chi connectivity index (χ4n) is 1.27. The normalized spacial score (nSPS) is 12.1. The SMILES string of the molecule is CCC(O)CNC(=O)CCc1cccnc1. The van der Waals surface area contributed by atoms with Crippen LogP contribution >= 0.6 is 0 Å². The molecule has 1 rings (SSSR count). The highest BCUT2D eigenvalue weighted by molar-refractivity contribution is 5.76. The molecule has 0 bridgehead atoms. The molecule has 1 atom stereocenters. The zero-order valence-corrected chi connectivity index (χ0v) is 9.52. The summed E-state index contributed by atoms with van der Waals surface area (Å²) < 4.78 is 0. The van der Waals surface area contributed by atoms with Gasteiger partial charge in [-0.2, -0.15) is 0 Å². The molecule has 0 fully saturated rings. The molecule has 2 N–H and O–H groups in total. The van der Waals surface area contributed by atoms with Crippen LogP contribution in [-0.2, 0) is 11.2 Å². The van der Waals surface area contributed by atoms with Crippen LogP contribution in [0, 0.1) is 0 Å². The summed E-state index contributed by atoms with van der Waals surface area (Å²) >= 11 is 0. The molecule has 0 spiro atoms. The molecule has 0 aliphatic heterocycles. The molecular weight excluding hydrogens is 204 g/mol. The molecule has 16 heavy (non-hydrogen) atoms. The molecule has 1 aromatic rings. The molecule has 0 aliphatic carbocycles. The summed E-state index contributed by atoms with van der Waals surface area (Å²) in [5.74, 6) is -0.0312. The summed E-state index contributed by atoms with van der Waals surface area (Å²) in [5, 5.41) is 12.0.